The number of nitrogens with two attached hydrogens (primary N) is 1. The zero-order valence-corrected chi connectivity index (χ0v) is 22.2. The van der Waals surface area contributed by atoms with E-state index in [0.717, 1.165) is 0 Å². The number of fused-ring (bicyclic) bond motifs is 1. The molecular weight excluding hydrogens is 557 g/mol. The molecule has 202 valence electrons. The van der Waals surface area contributed by atoms with Crippen LogP contribution in [0.4, 0.5) is 31.9 Å². The summed E-state index contributed by atoms with van der Waals surface area (Å²) < 4.78 is 36.5. The Kier molecular flexibility index (Phi) is 7.35. The topological polar surface area (TPSA) is 134 Å². The quantitative estimate of drug-likeness (QED) is 0.281. The fraction of sp³-hybridized carbons (Fsp3) is 0.0357. The van der Waals surface area contributed by atoms with Crippen LogP contribution in [-0.4, -0.2) is 26.1 Å². The Balaban J connectivity index is 1.31. The van der Waals surface area contributed by atoms with E-state index >= 15 is 0 Å². The highest BCUT2D eigenvalue weighted by molar-refractivity contribution is 7.89. The van der Waals surface area contributed by atoms with E-state index < -0.39 is 21.9 Å². The summed E-state index contributed by atoms with van der Waals surface area (Å²) >= 11 is 6.21. The van der Waals surface area contributed by atoms with Crippen LogP contribution in [0.5, 0.6) is 0 Å². The summed E-state index contributed by atoms with van der Waals surface area (Å²) in [7, 11) is -3.83. The van der Waals surface area contributed by atoms with Gasteiger partial charge in [0.1, 0.15) is 11.5 Å². The maximum Gasteiger partial charge on any atom is 0.323 e. The molecule has 40 heavy (non-hydrogen) atoms. The van der Waals surface area contributed by atoms with Gasteiger partial charge in [-0.15, -0.1) is 0 Å². The molecule has 0 saturated heterocycles. The lowest BCUT2D eigenvalue weighted by molar-refractivity contribution is -0.112. The number of nitrogens with one attached hydrogen (secondary N) is 2. The molecule has 9 nitrogen and oxygen atoms in total. The fourth-order valence-corrected chi connectivity index (χ4v) is 4.83. The van der Waals surface area contributed by atoms with Gasteiger partial charge in [-0.1, -0.05) is 23.7 Å². The van der Waals surface area contributed by atoms with Crippen LogP contribution in [0.15, 0.2) is 101 Å². The first-order valence-corrected chi connectivity index (χ1v) is 13.8. The zero-order valence-electron chi connectivity index (χ0n) is 20.6. The van der Waals surface area contributed by atoms with Gasteiger partial charge in [0.2, 0.25) is 10.0 Å². The van der Waals surface area contributed by atoms with Crippen LogP contribution in [0, 0.1) is 5.82 Å². The third-order valence-electron chi connectivity index (χ3n) is 5.99. The molecule has 12 heteroatoms. The van der Waals surface area contributed by atoms with Crippen molar-refractivity contribution in [1.29, 1.82) is 0 Å². The molecule has 0 atom stereocenters. The van der Waals surface area contributed by atoms with Gasteiger partial charge in [-0.2, -0.15) is 0 Å². The second-order valence-electron chi connectivity index (χ2n) is 8.84. The van der Waals surface area contributed by atoms with Crippen LogP contribution in [0.2, 0.25) is 5.02 Å². The number of amides is 3. The summed E-state index contributed by atoms with van der Waals surface area (Å²) in [4.78, 5) is 31.8. The van der Waals surface area contributed by atoms with Gasteiger partial charge in [0.15, 0.2) is 0 Å². The summed E-state index contributed by atoms with van der Waals surface area (Å²) in [5, 5.41) is 10.8. The van der Waals surface area contributed by atoms with Gasteiger partial charge in [0.25, 0.3) is 5.91 Å². The predicted octanol–water partition coefficient (Wildman–Crippen LogP) is 5.44. The second kappa shape index (κ2) is 10.9. The molecule has 0 bridgehead atoms. The number of rotatable bonds is 6. The van der Waals surface area contributed by atoms with Gasteiger partial charge in [-0.25, -0.2) is 27.7 Å². The van der Waals surface area contributed by atoms with Crippen molar-refractivity contribution in [2.75, 3.05) is 15.5 Å². The highest BCUT2D eigenvalue weighted by Gasteiger charge is 2.34. The van der Waals surface area contributed by atoms with Gasteiger partial charge < -0.3 is 15.5 Å². The standard InChI is InChI=1S/C28H21ClFN5O4S/c29-18-4-13-25-24(15-18)26(27(36)35(25)16-17-2-1-3-19(30)14-17)32-20-5-7-21(8-6-20)33-28(37)34-22-9-11-23(12-10-22)40(31,38)39/h1-15H,16H2,(H2,31,38,39)(H2,33,34,37). The van der Waals surface area contributed by atoms with Crippen molar-refractivity contribution in [2.45, 2.75) is 11.4 Å². The SMILES string of the molecule is NS(=O)(=O)c1ccc(NC(=O)Nc2ccc(N=C3C(=O)N(Cc4cccc(F)c4)c4ccc(Cl)cc43)cc2)cc1. The summed E-state index contributed by atoms with van der Waals surface area (Å²) in [6, 6.07) is 22.5. The van der Waals surface area contributed by atoms with Crippen molar-refractivity contribution < 1.29 is 22.4 Å². The number of halogens is 2. The minimum Gasteiger partial charge on any atom is -0.308 e. The molecule has 1 heterocycles. The molecule has 0 fully saturated rings. The molecule has 1 aliphatic heterocycles. The molecule has 0 radical (unpaired) electrons. The van der Waals surface area contributed by atoms with Crippen LogP contribution in [0.25, 0.3) is 0 Å². The van der Waals surface area contributed by atoms with Gasteiger partial charge in [-0.05, 0) is 84.4 Å². The molecule has 0 spiro atoms. The van der Waals surface area contributed by atoms with E-state index in [1.165, 1.54) is 41.3 Å². The van der Waals surface area contributed by atoms with Crippen molar-refractivity contribution >= 4 is 62.0 Å². The average molecular weight is 578 g/mol. The number of carbonyl (C=O) groups is 2. The highest BCUT2D eigenvalue weighted by Crippen LogP contribution is 2.34. The fourth-order valence-electron chi connectivity index (χ4n) is 4.14. The van der Waals surface area contributed by atoms with Crippen LogP contribution in [0.3, 0.4) is 0 Å². The van der Waals surface area contributed by atoms with Crippen molar-refractivity contribution in [3.8, 4) is 0 Å². The average Bonchev–Trinajstić information content (AvgIpc) is 3.14. The van der Waals surface area contributed by atoms with E-state index in [9.17, 15) is 22.4 Å². The Morgan fingerprint density at radius 1 is 0.925 bits per heavy atom. The minimum atomic E-state index is -3.83. The van der Waals surface area contributed by atoms with E-state index in [2.05, 4.69) is 15.6 Å². The molecule has 4 aromatic carbocycles. The normalized spacial score (nSPS) is 13.8. The molecule has 4 aromatic rings. The Bertz CT molecular complexity index is 1760. The molecule has 3 amide bonds. The first kappa shape index (κ1) is 27.0. The Hall–Kier alpha value is -4.58. The third-order valence-corrected chi connectivity index (χ3v) is 7.15. The third kappa shape index (κ3) is 6.01. The van der Waals surface area contributed by atoms with Crippen molar-refractivity contribution in [2.24, 2.45) is 10.1 Å². The lowest BCUT2D eigenvalue weighted by Gasteiger charge is -2.17. The van der Waals surface area contributed by atoms with Gasteiger partial charge in [0.05, 0.1) is 22.8 Å². The van der Waals surface area contributed by atoms with E-state index in [1.807, 2.05) is 0 Å². The number of sulfonamides is 1. The lowest BCUT2D eigenvalue weighted by Crippen LogP contribution is -2.29. The molecule has 1 aliphatic rings. The number of aliphatic imine (C=N–C) groups is 1. The monoisotopic (exact) mass is 577 g/mol. The maximum absolute atomic E-state index is 13.7. The molecule has 5 rings (SSSR count). The number of benzene rings is 4. The van der Waals surface area contributed by atoms with Crippen molar-refractivity contribution in [1.82, 2.24) is 0 Å². The Morgan fingerprint density at radius 3 is 2.20 bits per heavy atom. The minimum absolute atomic E-state index is 0.0709. The van der Waals surface area contributed by atoms with E-state index in [4.69, 9.17) is 16.7 Å². The van der Waals surface area contributed by atoms with E-state index in [1.54, 1.807) is 54.6 Å². The summed E-state index contributed by atoms with van der Waals surface area (Å²) in [6.45, 7) is 0.160. The molecule has 0 aromatic heterocycles. The van der Waals surface area contributed by atoms with Gasteiger partial charge in [0, 0.05) is 22.0 Å². The molecule has 4 N–H and O–H groups in total. The molecule has 0 unspecified atom stereocenters. The number of anilines is 3. The van der Waals surface area contributed by atoms with Crippen molar-refractivity contribution in [3.63, 3.8) is 0 Å². The van der Waals surface area contributed by atoms with Crippen LogP contribution in [-0.2, 0) is 21.4 Å². The molecular formula is C28H21ClFN5O4S. The predicted molar refractivity (Wildman–Crippen MR) is 152 cm³/mol. The van der Waals surface area contributed by atoms with Gasteiger partial charge >= 0.3 is 6.03 Å². The van der Waals surface area contributed by atoms with Crippen LogP contribution in [0.1, 0.15) is 11.1 Å². The smallest absolute Gasteiger partial charge is 0.308 e. The van der Waals surface area contributed by atoms with E-state index in [-0.39, 0.29) is 23.1 Å². The second-order valence-corrected chi connectivity index (χ2v) is 10.8. The van der Waals surface area contributed by atoms with Crippen LogP contribution < -0.4 is 20.7 Å². The number of hydrogen-bond acceptors (Lipinski definition) is 5. The van der Waals surface area contributed by atoms with Crippen molar-refractivity contribution in [3.05, 3.63) is 113 Å². The largest absolute Gasteiger partial charge is 0.323 e. The zero-order chi connectivity index (χ0) is 28.4. The first-order chi connectivity index (χ1) is 19.1. The molecule has 0 aliphatic carbocycles. The summed E-state index contributed by atoms with van der Waals surface area (Å²) in [5.74, 6) is -0.742. The number of primary sulfonamides is 1. The molecule has 0 saturated carbocycles. The summed E-state index contributed by atoms with van der Waals surface area (Å²) in [6.07, 6.45) is 0. The number of carbonyl (C=O) groups excluding carboxylic acids is 2. The maximum atomic E-state index is 13.7. The number of nitrogens with zero attached hydrogens (tertiary/aromatic N) is 2. The Labute approximate surface area is 234 Å². The van der Waals surface area contributed by atoms with Gasteiger partial charge in [-0.3, -0.25) is 4.79 Å². The number of urea groups is 1. The lowest BCUT2D eigenvalue weighted by atomic mass is 10.1. The summed E-state index contributed by atoms with van der Waals surface area (Å²) in [5.41, 5.74) is 3.28. The van der Waals surface area contributed by atoms with E-state index in [0.29, 0.717) is 38.9 Å². The number of hydrogen-bond donors (Lipinski definition) is 3. The Morgan fingerprint density at radius 2 is 1.57 bits per heavy atom. The highest BCUT2D eigenvalue weighted by atomic mass is 35.5. The first-order valence-electron chi connectivity index (χ1n) is 11.8. The van der Waals surface area contributed by atoms with Crippen LogP contribution >= 0.6 is 11.6 Å².